The molecule has 3 heterocycles. The highest BCUT2D eigenvalue weighted by Gasteiger charge is 2.53. The van der Waals surface area contributed by atoms with Gasteiger partial charge in [0.2, 0.25) is 0 Å². The van der Waals surface area contributed by atoms with Gasteiger partial charge in [-0.2, -0.15) is 0 Å². The molecule has 3 rings (SSSR count). The number of aromatic nitrogens is 4. The van der Waals surface area contributed by atoms with Crippen LogP contribution in [0.4, 0.5) is 4.39 Å². The van der Waals surface area contributed by atoms with E-state index in [4.69, 9.17) is 4.74 Å². The standard InChI is InChI=1S/C12H15FN4O4/c1-5-15-9-7(10(20)16-5)14-4-17(9)11-6(13)8(19)12(2,3-18)21-11/h4,6,8,11,18-19H,3H2,1-2H3,(H,15,16,20)/t6-,8+,11-,12-/m1/s1. The Morgan fingerprint density at radius 1 is 1.62 bits per heavy atom. The van der Waals surface area contributed by atoms with E-state index in [1.54, 1.807) is 6.92 Å². The fraction of sp³-hybridized carbons (Fsp3) is 0.583. The largest absolute Gasteiger partial charge is 0.393 e. The van der Waals surface area contributed by atoms with Crippen molar-refractivity contribution in [2.45, 2.75) is 38.0 Å². The van der Waals surface area contributed by atoms with E-state index in [0.717, 1.165) is 0 Å². The first-order valence-corrected chi connectivity index (χ1v) is 6.41. The van der Waals surface area contributed by atoms with Crippen molar-refractivity contribution in [2.24, 2.45) is 0 Å². The lowest BCUT2D eigenvalue weighted by atomic mass is 9.99. The molecule has 1 fully saturated rings. The number of aliphatic hydroxyl groups is 2. The molecule has 9 heteroatoms. The molecule has 0 aromatic carbocycles. The molecular formula is C12H15FN4O4. The average molecular weight is 298 g/mol. The molecule has 0 radical (unpaired) electrons. The summed E-state index contributed by atoms with van der Waals surface area (Å²) in [6.45, 7) is 2.47. The zero-order chi connectivity index (χ0) is 15.4. The Bertz CT molecular complexity index is 744. The summed E-state index contributed by atoms with van der Waals surface area (Å²) in [7, 11) is 0. The Labute approximate surface area is 118 Å². The highest BCUT2D eigenvalue weighted by atomic mass is 19.1. The first kappa shape index (κ1) is 14.1. The smallest absolute Gasteiger partial charge is 0.279 e. The highest BCUT2D eigenvalue weighted by Crippen LogP contribution is 2.39. The Balaban J connectivity index is 2.12. The first-order chi connectivity index (χ1) is 9.87. The number of hydrogen-bond donors (Lipinski definition) is 3. The van der Waals surface area contributed by atoms with Gasteiger partial charge in [0.1, 0.15) is 17.5 Å². The second-order valence-corrected chi connectivity index (χ2v) is 5.34. The Kier molecular flexibility index (Phi) is 3.08. The van der Waals surface area contributed by atoms with Crippen LogP contribution in [0.3, 0.4) is 0 Å². The number of rotatable bonds is 2. The maximum Gasteiger partial charge on any atom is 0.279 e. The first-order valence-electron chi connectivity index (χ1n) is 6.41. The molecule has 3 N–H and O–H groups in total. The maximum absolute atomic E-state index is 14.3. The second kappa shape index (κ2) is 4.58. The van der Waals surface area contributed by atoms with Crippen molar-refractivity contribution in [2.75, 3.05) is 6.61 Å². The van der Waals surface area contributed by atoms with Crippen LogP contribution >= 0.6 is 0 Å². The van der Waals surface area contributed by atoms with E-state index in [1.165, 1.54) is 17.8 Å². The number of aromatic amines is 1. The lowest BCUT2D eigenvalue weighted by Gasteiger charge is -2.24. The number of halogens is 1. The molecule has 0 unspecified atom stereocenters. The van der Waals surface area contributed by atoms with Gasteiger partial charge in [0.25, 0.3) is 5.56 Å². The molecule has 0 spiro atoms. The summed E-state index contributed by atoms with van der Waals surface area (Å²) in [5, 5.41) is 19.2. The minimum atomic E-state index is -1.78. The van der Waals surface area contributed by atoms with Gasteiger partial charge in [-0.05, 0) is 13.8 Å². The van der Waals surface area contributed by atoms with Gasteiger partial charge in [-0.3, -0.25) is 9.36 Å². The normalized spacial score (nSPS) is 32.9. The topological polar surface area (TPSA) is 113 Å². The van der Waals surface area contributed by atoms with Crippen molar-refractivity contribution in [1.82, 2.24) is 19.5 Å². The van der Waals surface area contributed by atoms with Crippen molar-refractivity contribution >= 4 is 11.2 Å². The van der Waals surface area contributed by atoms with E-state index < -0.39 is 36.3 Å². The molecule has 114 valence electrons. The zero-order valence-corrected chi connectivity index (χ0v) is 11.4. The molecule has 2 aromatic rings. The quantitative estimate of drug-likeness (QED) is 0.683. The van der Waals surface area contributed by atoms with Crippen molar-refractivity contribution in [3.63, 3.8) is 0 Å². The minimum Gasteiger partial charge on any atom is -0.393 e. The van der Waals surface area contributed by atoms with Crippen LogP contribution in [-0.2, 0) is 4.74 Å². The van der Waals surface area contributed by atoms with Gasteiger partial charge in [0, 0.05) is 0 Å². The van der Waals surface area contributed by atoms with Crippen LogP contribution in [-0.4, -0.2) is 54.2 Å². The molecule has 8 nitrogen and oxygen atoms in total. The summed E-state index contributed by atoms with van der Waals surface area (Å²) in [4.78, 5) is 22.3. The number of aryl methyl sites for hydroxylation is 1. The fourth-order valence-electron chi connectivity index (χ4n) is 2.47. The number of H-pyrrole nitrogens is 1. The van der Waals surface area contributed by atoms with E-state index in [2.05, 4.69) is 15.0 Å². The van der Waals surface area contributed by atoms with Crippen LogP contribution in [0.2, 0.25) is 0 Å². The zero-order valence-electron chi connectivity index (χ0n) is 11.4. The summed E-state index contributed by atoms with van der Waals surface area (Å²) in [5.41, 5.74) is -1.63. The van der Waals surface area contributed by atoms with Crippen LogP contribution in [0.15, 0.2) is 11.1 Å². The maximum atomic E-state index is 14.3. The number of aliphatic hydroxyl groups excluding tert-OH is 2. The van der Waals surface area contributed by atoms with Gasteiger partial charge < -0.3 is 19.9 Å². The predicted octanol–water partition coefficient (Wildman–Crippen LogP) is -0.593. The minimum absolute atomic E-state index is 0.0588. The molecule has 1 saturated heterocycles. The Morgan fingerprint density at radius 3 is 2.95 bits per heavy atom. The molecular weight excluding hydrogens is 283 g/mol. The lowest BCUT2D eigenvalue weighted by Crippen LogP contribution is -2.42. The van der Waals surface area contributed by atoms with E-state index in [9.17, 15) is 19.4 Å². The Hall–Kier alpha value is -1.84. The van der Waals surface area contributed by atoms with Crippen LogP contribution < -0.4 is 5.56 Å². The molecule has 4 atom stereocenters. The van der Waals surface area contributed by atoms with Gasteiger partial charge in [0.15, 0.2) is 23.6 Å². The van der Waals surface area contributed by atoms with E-state index in [-0.39, 0.29) is 11.2 Å². The van der Waals surface area contributed by atoms with Gasteiger partial charge >= 0.3 is 0 Å². The van der Waals surface area contributed by atoms with Crippen LogP contribution in [0.25, 0.3) is 11.2 Å². The predicted molar refractivity (Wildman–Crippen MR) is 69.4 cm³/mol. The van der Waals surface area contributed by atoms with Gasteiger partial charge in [-0.25, -0.2) is 14.4 Å². The molecule has 0 saturated carbocycles. The number of ether oxygens (including phenoxy) is 1. The number of nitrogens with one attached hydrogen (secondary N) is 1. The molecule has 2 aromatic heterocycles. The molecule has 1 aliphatic heterocycles. The van der Waals surface area contributed by atoms with Crippen molar-refractivity contribution in [3.05, 3.63) is 22.5 Å². The third kappa shape index (κ3) is 1.96. The van der Waals surface area contributed by atoms with Gasteiger partial charge in [-0.15, -0.1) is 0 Å². The molecule has 0 amide bonds. The summed E-state index contributed by atoms with van der Waals surface area (Å²) in [5.74, 6) is 0.355. The summed E-state index contributed by atoms with van der Waals surface area (Å²) in [6.07, 6.45) is -3.25. The fourth-order valence-corrected chi connectivity index (χ4v) is 2.47. The highest BCUT2D eigenvalue weighted by molar-refractivity contribution is 5.69. The van der Waals surface area contributed by atoms with Crippen molar-refractivity contribution in [1.29, 1.82) is 0 Å². The number of hydrogen-bond acceptors (Lipinski definition) is 6. The number of fused-ring (bicyclic) bond motifs is 1. The molecule has 0 aliphatic carbocycles. The van der Waals surface area contributed by atoms with Crippen molar-refractivity contribution < 1.29 is 19.3 Å². The van der Waals surface area contributed by atoms with Crippen LogP contribution in [0, 0.1) is 6.92 Å². The van der Waals surface area contributed by atoms with Gasteiger partial charge in [0.05, 0.1) is 12.9 Å². The van der Waals surface area contributed by atoms with Crippen LogP contribution in [0.5, 0.6) is 0 Å². The van der Waals surface area contributed by atoms with E-state index in [0.29, 0.717) is 5.82 Å². The van der Waals surface area contributed by atoms with E-state index in [1.807, 2.05) is 0 Å². The SMILES string of the molecule is Cc1nc2c(ncn2[C@@H]2O[C@](C)(CO)[C@@H](O)[C@H]2F)c(=O)[nH]1. The number of alkyl halides is 1. The summed E-state index contributed by atoms with van der Waals surface area (Å²) >= 11 is 0. The summed E-state index contributed by atoms with van der Waals surface area (Å²) < 4.78 is 21.0. The van der Waals surface area contributed by atoms with E-state index >= 15 is 0 Å². The average Bonchev–Trinajstić information content (AvgIpc) is 2.95. The summed E-state index contributed by atoms with van der Waals surface area (Å²) in [6, 6.07) is 0. The lowest BCUT2D eigenvalue weighted by molar-refractivity contribution is -0.115. The number of imidazole rings is 1. The van der Waals surface area contributed by atoms with Gasteiger partial charge in [-0.1, -0.05) is 0 Å². The monoisotopic (exact) mass is 298 g/mol. The number of nitrogens with zero attached hydrogens (tertiary/aromatic N) is 3. The van der Waals surface area contributed by atoms with Crippen LogP contribution in [0.1, 0.15) is 19.0 Å². The molecule has 0 bridgehead atoms. The van der Waals surface area contributed by atoms with Crippen molar-refractivity contribution in [3.8, 4) is 0 Å². The third-order valence-electron chi connectivity index (χ3n) is 3.73. The molecule has 1 aliphatic rings. The molecule has 21 heavy (non-hydrogen) atoms. The third-order valence-corrected chi connectivity index (χ3v) is 3.73. The Morgan fingerprint density at radius 2 is 2.33 bits per heavy atom. The second-order valence-electron chi connectivity index (χ2n) is 5.34.